The number of hydrogen-bond donors (Lipinski definition) is 2. The molecule has 0 radical (unpaired) electrons. The first-order valence-electron chi connectivity index (χ1n) is 10.7. The molecule has 1 aliphatic carbocycles. The molecule has 0 aromatic carbocycles. The van der Waals surface area contributed by atoms with Crippen molar-refractivity contribution in [2.75, 3.05) is 24.3 Å². The van der Waals surface area contributed by atoms with Crippen molar-refractivity contribution in [1.82, 2.24) is 24.5 Å². The molecule has 3 aromatic rings. The molecule has 0 saturated heterocycles. The number of rotatable bonds is 7. The Morgan fingerprint density at radius 1 is 1.18 bits per heavy atom. The van der Waals surface area contributed by atoms with Gasteiger partial charge in [-0.1, -0.05) is 0 Å². The van der Waals surface area contributed by atoms with Crippen LogP contribution in [-0.2, 0) is 18.8 Å². The van der Waals surface area contributed by atoms with Crippen LogP contribution in [0.5, 0.6) is 0 Å². The zero-order valence-corrected chi connectivity index (χ0v) is 18.8. The highest BCUT2D eigenvalue weighted by molar-refractivity contribution is 6.08. The molecule has 0 spiro atoms. The van der Waals surface area contributed by atoms with Crippen molar-refractivity contribution in [3.8, 4) is 11.3 Å². The molecule has 3 heterocycles. The predicted octanol–water partition coefficient (Wildman–Crippen LogP) is 3.47. The highest BCUT2D eigenvalue weighted by Crippen LogP contribution is 2.40. The van der Waals surface area contributed by atoms with E-state index in [4.69, 9.17) is 4.74 Å². The van der Waals surface area contributed by atoms with Gasteiger partial charge in [0.15, 0.2) is 0 Å². The van der Waals surface area contributed by atoms with E-state index in [1.54, 1.807) is 54.2 Å². The van der Waals surface area contributed by atoms with Crippen molar-refractivity contribution in [3.63, 3.8) is 0 Å². The molecule has 33 heavy (non-hydrogen) atoms. The highest BCUT2D eigenvalue weighted by atomic mass is 19.3. The third-order valence-corrected chi connectivity index (χ3v) is 6.01. The van der Waals surface area contributed by atoms with Gasteiger partial charge in [0, 0.05) is 64.7 Å². The summed E-state index contributed by atoms with van der Waals surface area (Å²) < 4.78 is 36.1. The first kappa shape index (κ1) is 22.8. The first-order valence-corrected chi connectivity index (χ1v) is 10.7. The average Bonchev–Trinajstić information content (AvgIpc) is 3.38. The lowest BCUT2D eigenvalue weighted by Gasteiger charge is -2.39. The Morgan fingerprint density at radius 3 is 2.61 bits per heavy atom. The number of anilines is 2. The summed E-state index contributed by atoms with van der Waals surface area (Å²) in [7, 11) is 5.10. The molecule has 4 rings (SSSR count). The molecular weight excluding hydrogens is 432 g/mol. The monoisotopic (exact) mass is 459 g/mol. The van der Waals surface area contributed by atoms with Crippen molar-refractivity contribution in [1.29, 1.82) is 0 Å². The number of pyridine rings is 1. The Balaban J connectivity index is 1.51. The molecular formula is C22H27F2N7O2. The summed E-state index contributed by atoms with van der Waals surface area (Å²) in [6.07, 6.45) is 6.76. The number of aryl methyl sites for hydroxylation is 2. The molecule has 0 bridgehead atoms. The average molecular weight is 460 g/mol. The second kappa shape index (κ2) is 8.89. The number of nitrogens with one attached hydrogen (secondary N) is 2. The Bertz CT molecular complexity index is 1130. The van der Waals surface area contributed by atoms with Gasteiger partial charge in [-0.05, 0) is 25.0 Å². The van der Waals surface area contributed by atoms with E-state index in [2.05, 4.69) is 25.8 Å². The van der Waals surface area contributed by atoms with Gasteiger partial charge in [-0.15, -0.1) is 0 Å². The van der Waals surface area contributed by atoms with Crippen molar-refractivity contribution >= 4 is 17.4 Å². The van der Waals surface area contributed by atoms with Crippen LogP contribution < -0.4 is 10.6 Å². The Morgan fingerprint density at radius 2 is 1.94 bits per heavy atom. The summed E-state index contributed by atoms with van der Waals surface area (Å²) in [5.74, 6) is -2.67. The van der Waals surface area contributed by atoms with Gasteiger partial charge in [0.25, 0.3) is 5.91 Å². The van der Waals surface area contributed by atoms with Crippen LogP contribution in [0.15, 0.2) is 36.9 Å². The number of halogens is 2. The van der Waals surface area contributed by atoms with Gasteiger partial charge in [0.1, 0.15) is 11.5 Å². The second-order valence-corrected chi connectivity index (χ2v) is 8.42. The molecule has 0 aliphatic heterocycles. The Kier molecular flexibility index (Phi) is 6.15. The lowest BCUT2D eigenvalue weighted by atomic mass is 9.82. The van der Waals surface area contributed by atoms with E-state index >= 15 is 0 Å². The summed E-state index contributed by atoms with van der Waals surface area (Å²) >= 11 is 0. The van der Waals surface area contributed by atoms with Crippen LogP contribution in [0.25, 0.3) is 11.3 Å². The maximum Gasteiger partial charge on any atom is 0.259 e. The first-order chi connectivity index (χ1) is 15.7. The number of carbonyl (C=O) groups is 1. The zero-order valence-electron chi connectivity index (χ0n) is 18.8. The van der Waals surface area contributed by atoms with Crippen LogP contribution >= 0.6 is 0 Å². The fourth-order valence-corrected chi connectivity index (χ4v) is 4.02. The van der Waals surface area contributed by atoms with Crippen LogP contribution in [0.4, 0.5) is 20.3 Å². The van der Waals surface area contributed by atoms with Crippen LogP contribution in [0.1, 0.15) is 36.0 Å². The maximum absolute atomic E-state index is 13.6. The van der Waals surface area contributed by atoms with Crippen LogP contribution in [0.3, 0.4) is 0 Å². The standard InChI is InChI=1S/C22H27F2N7O2/c1-30-12-15(11-27-30)18-17(13-31(2)29-18)28-20(32)16-5-4-10-25-19(16)26-14-21(33-3)6-8-22(23,24)9-7-21/h4-5,10-13H,6-9,14H2,1-3H3,(H,25,26)(H,28,32). The number of aromatic nitrogens is 5. The van der Waals surface area contributed by atoms with Crippen molar-refractivity contribution < 1.29 is 18.3 Å². The van der Waals surface area contributed by atoms with Gasteiger partial charge in [-0.25, -0.2) is 13.8 Å². The highest BCUT2D eigenvalue weighted by Gasteiger charge is 2.43. The van der Waals surface area contributed by atoms with Gasteiger partial charge < -0.3 is 15.4 Å². The van der Waals surface area contributed by atoms with Crippen LogP contribution in [0, 0.1) is 0 Å². The zero-order chi connectivity index (χ0) is 23.6. The van der Waals surface area contributed by atoms with Gasteiger partial charge in [0.2, 0.25) is 5.92 Å². The van der Waals surface area contributed by atoms with E-state index in [1.807, 2.05) is 6.20 Å². The lowest BCUT2D eigenvalue weighted by molar-refractivity contribution is -0.112. The summed E-state index contributed by atoms with van der Waals surface area (Å²) in [6.45, 7) is 0.269. The Hall–Kier alpha value is -3.34. The number of amides is 1. The van der Waals surface area contributed by atoms with Gasteiger partial charge in [-0.3, -0.25) is 14.2 Å². The topological polar surface area (TPSA) is 98.9 Å². The van der Waals surface area contributed by atoms with Crippen LogP contribution in [-0.4, -0.2) is 55.6 Å². The van der Waals surface area contributed by atoms with Crippen molar-refractivity contribution in [2.45, 2.75) is 37.2 Å². The van der Waals surface area contributed by atoms with E-state index in [0.717, 1.165) is 5.56 Å². The summed E-state index contributed by atoms with van der Waals surface area (Å²) in [5.41, 5.74) is 1.50. The molecule has 176 valence electrons. The molecule has 3 aromatic heterocycles. The third kappa shape index (κ3) is 5.03. The molecule has 9 nitrogen and oxygen atoms in total. The molecule has 1 saturated carbocycles. The van der Waals surface area contributed by atoms with E-state index in [9.17, 15) is 13.6 Å². The predicted molar refractivity (Wildman–Crippen MR) is 119 cm³/mol. The minimum atomic E-state index is -2.66. The summed E-state index contributed by atoms with van der Waals surface area (Å²) in [4.78, 5) is 17.4. The van der Waals surface area contributed by atoms with Crippen LogP contribution in [0.2, 0.25) is 0 Å². The number of carbonyl (C=O) groups excluding carboxylic acids is 1. The molecule has 11 heteroatoms. The summed E-state index contributed by atoms with van der Waals surface area (Å²) in [6, 6.07) is 3.32. The van der Waals surface area contributed by atoms with Crippen molar-refractivity contribution in [2.24, 2.45) is 14.1 Å². The number of methoxy groups -OCH3 is 1. The molecule has 1 amide bonds. The van der Waals surface area contributed by atoms with Gasteiger partial charge >= 0.3 is 0 Å². The van der Waals surface area contributed by atoms with E-state index in [-0.39, 0.29) is 38.1 Å². The minimum absolute atomic E-state index is 0.224. The number of ether oxygens (including phenoxy) is 1. The Labute approximate surface area is 190 Å². The summed E-state index contributed by atoms with van der Waals surface area (Å²) in [5, 5.41) is 14.6. The smallest absolute Gasteiger partial charge is 0.259 e. The van der Waals surface area contributed by atoms with E-state index in [0.29, 0.717) is 22.8 Å². The SMILES string of the molecule is COC1(CNc2ncccc2C(=O)Nc2cn(C)nc2-c2cnn(C)c2)CCC(F)(F)CC1. The molecule has 1 fully saturated rings. The van der Waals surface area contributed by atoms with E-state index < -0.39 is 11.5 Å². The molecule has 2 N–H and O–H groups in total. The fourth-order valence-electron chi connectivity index (χ4n) is 4.02. The quantitative estimate of drug-likeness (QED) is 0.561. The minimum Gasteiger partial charge on any atom is -0.376 e. The largest absolute Gasteiger partial charge is 0.376 e. The van der Waals surface area contributed by atoms with Gasteiger partial charge in [-0.2, -0.15) is 10.2 Å². The number of hydrogen-bond acceptors (Lipinski definition) is 6. The van der Waals surface area contributed by atoms with Gasteiger partial charge in [0.05, 0.1) is 23.0 Å². The lowest BCUT2D eigenvalue weighted by Crippen LogP contribution is -2.45. The normalized spacial score (nSPS) is 17.0. The van der Waals surface area contributed by atoms with Crippen molar-refractivity contribution in [3.05, 3.63) is 42.5 Å². The number of nitrogens with zero attached hydrogens (tertiary/aromatic N) is 5. The molecule has 0 unspecified atom stereocenters. The third-order valence-electron chi connectivity index (χ3n) is 6.01. The number of alkyl halides is 2. The molecule has 1 aliphatic rings. The fraction of sp³-hybridized carbons (Fsp3) is 0.455. The van der Waals surface area contributed by atoms with E-state index in [1.165, 1.54) is 7.11 Å². The maximum atomic E-state index is 13.6. The second-order valence-electron chi connectivity index (χ2n) is 8.42. The molecule has 0 atom stereocenters.